The van der Waals surface area contributed by atoms with Crippen LogP contribution in [0.5, 0.6) is 0 Å². The molecule has 0 aromatic heterocycles. The maximum atomic E-state index is 13.5. The number of alkyl halides is 3. The van der Waals surface area contributed by atoms with E-state index < -0.39 is 29.5 Å². The number of likely N-dealkylation sites (tertiary alicyclic amines) is 1. The maximum Gasteiger partial charge on any atom is 0.419 e. The number of carbonyl (C=O) groups is 1. The summed E-state index contributed by atoms with van der Waals surface area (Å²) in [4.78, 5) is 12.8. The third kappa shape index (κ3) is 2.77. The summed E-state index contributed by atoms with van der Waals surface area (Å²) in [5, 5.41) is 0. The number of carbonyl (C=O) groups excluding carboxylic acids is 1. The number of rotatable bonds is 2. The minimum absolute atomic E-state index is 0.325. The molecule has 2 rings (SSSR count). The molecule has 1 saturated heterocycles. The van der Waals surface area contributed by atoms with Gasteiger partial charge in [0.15, 0.2) is 0 Å². The molecule has 3 nitrogen and oxygen atoms in total. The Morgan fingerprint density at radius 2 is 2.05 bits per heavy atom. The average Bonchev–Trinajstić information content (AvgIpc) is 2.69. The fraction of sp³-hybridized carbons (Fsp3) is 0.385. The van der Waals surface area contributed by atoms with Crippen LogP contribution < -0.4 is 5.73 Å². The van der Waals surface area contributed by atoms with E-state index in [4.69, 9.17) is 5.73 Å². The molecule has 109 valence electrons. The molecule has 2 N–H and O–H groups in total. The Morgan fingerprint density at radius 3 is 2.50 bits per heavy atom. The van der Waals surface area contributed by atoms with E-state index in [1.54, 1.807) is 18.4 Å². The third-order valence-corrected chi connectivity index (χ3v) is 3.39. The van der Waals surface area contributed by atoms with Gasteiger partial charge in [0.1, 0.15) is 5.82 Å². The second kappa shape index (κ2) is 5.05. The van der Waals surface area contributed by atoms with Crippen LogP contribution in [0.4, 0.5) is 17.6 Å². The number of amides is 1. The minimum Gasteiger partial charge on any atom is -0.368 e. The molecule has 1 fully saturated rings. The van der Waals surface area contributed by atoms with E-state index in [9.17, 15) is 22.4 Å². The fourth-order valence-corrected chi connectivity index (χ4v) is 2.37. The van der Waals surface area contributed by atoms with E-state index in [1.807, 2.05) is 0 Å². The molecule has 1 aromatic rings. The molecule has 2 atom stereocenters. The van der Waals surface area contributed by atoms with Gasteiger partial charge in [-0.2, -0.15) is 13.2 Å². The van der Waals surface area contributed by atoms with Gasteiger partial charge in [-0.15, -0.1) is 0 Å². The second-order valence-electron chi connectivity index (χ2n) is 4.82. The van der Waals surface area contributed by atoms with Crippen molar-refractivity contribution in [3.63, 3.8) is 0 Å². The number of nitrogens with zero attached hydrogens (tertiary/aromatic N) is 1. The average molecular weight is 289 g/mol. The van der Waals surface area contributed by atoms with Gasteiger partial charge in [-0.05, 0) is 31.2 Å². The molecule has 1 aliphatic heterocycles. The third-order valence-electron chi connectivity index (χ3n) is 3.39. The summed E-state index contributed by atoms with van der Waals surface area (Å²) in [6, 6.07) is 2.21. The Bertz CT molecular complexity index is 530. The summed E-state index contributed by atoms with van der Waals surface area (Å²) in [6.45, 7) is 0.401. The van der Waals surface area contributed by atoms with Crippen LogP contribution in [-0.4, -0.2) is 30.4 Å². The van der Waals surface area contributed by atoms with Gasteiger partial charge < -0.3 is 5.73 Å². The largest absolute Gasteiger partial charge is 0.419 e. The molecule has 1 radical (unpaired) electrons. The van der Waals surface area contributed by atoms with Gasteiger partial charge in [0.25, 0.3) is 0 Å². The minimum atomic E-state index is -4.71. The lowest BCUT2D eigenvalue weighted by atomic mass is 9.95. The van der Waals surface area contributed by atoms with Gasteiger partial charge in [-0.1, -0.05) is 6.07 Å². The monoisotopic (exact) mass is 289 g/mol. The first-order valence-electron chi connectivity index (χ1n) is 5.91. The zero-order chi connectivity index (χ0) is 15.1. The molecule has 1 aromatic carbocycles. The Morgan fingerprint density at radius 1 is 1.40 bits per heavy atom. The molecule has 1 amide bonds. The zero-order valence-electron chi connectivity index (χ0n) is 10.6. The highest BCUT2D eigenvalue weighted by molar-refractivity contribution is 5.82. The van der Waals surface area contributed by atoms with E-state index in [2.05, 4.69) is 0 Å². The highest BCUT2D eigenvalue weighted by atomic mass is 19.4. The van der Waals surface area contributed by atoms with Crippen molar-refractivity contribution in [2.45, 2.75) is 18.1 Å². The smallest absolute Gasteiger partial charge is 0.368 e. The highest BCUT2D eigenvalue weighted by Gasteiger charge is 2.37. The summed E-state index contributed by atoms with van der Waals surface area (Å²) in [5.74, 6) is -2.18. The van der Waals surface area contributed by atoms with Crippen molar-refractivity contribution in [3.8, 4) is 0 Å². The summed E-state index contributed by atoms with van der Waals surface area (Å²) < 4.78 is 50.9. The Balaban J connectivity index is 2.24. The first-order chi connectivity index (χ1) is 9.20. The molecule has 0 aliphatic carbocycles. The van der Waals surface area contributed by atoms with Gasteiger partial charge in [-0.3, -0.25) is 9.69 Å². The number of primary amides is 1. The van der Waals surface area contributed by atoms with Crippen LogP contribution in [0.1, 0.15) is 17.0 Å². The molecule has 0 spiro atoms. The summed E-state index contributed by atoms with van der Waals surface area (Å²) in [5.41, 5.74) is 4.31. The van der Waals surface area contributed by atoms with Crippen molar-refractivity contribution in [1.82, 2.24) is 4.90 Å². The molecular formula is C13H13F4N2O. The first kappa shape index (κ1) is 14.8. The van der Waals surface area contributed by atoms with Crippen molar-refractivity contribution in [2.75, 3.05) is 13.6 Å². The molecule has 0 saturated carbocycles. The van der Waals surface area contributed by atoms with Gasteiger partial charge >= 0.3 is 6.18 Å². The van der Waals surface area contributed by atoms with Crippen molar-refractivity contribution in [1.29, 1.82) is 0 Å². The van der Waals surface area contributed by atoms with E-state index in [1.165, 1.54) is 6.07 Å². The lowest BCUT2D eigenvalue weighted by molar-refractivity contribution is -0.140. The van der Waals surface area contributed by atoms with Crippen LogP contribution in [0.2, 0.25) is 0 Å². The van der Waals surface area contributed by atoms with Gasteiger partial charge in [-0.25, -0.2) is 4.39 Å². The van der Waals surface area contributed by atoms with Crippen molar-refractivity contribution < 1.29 is 22.4 Å². The molecule has 0 bridgehead atoms. The first-order valence-corrected chi connectivity index (χ1v) is 5.91. The predicted molar refractivity (Wildman–Crippen MR) is 64.1 cm³/mol. The van der Waals surface area contributed by atoms with Gasteiger partial charge in [0.2, 0.25) is 5.91 Å². The van der Waals surface area contributed by atoms with Gasteiger partial charge in [0.05, 0.1) is 11.6 Å². The maximum absolute atomic E-state index is 13.5. The molecule has 20 heavy (non-hydrogen) atoms. The van der Waals surface area contributed by atoms with Crippen molar-refractivity contribution >= 4 is 5.91 Å². The highest BCUT2D eigenvalue weighted by Crippen LogP contribution is 2.35. The summed E-state index contributed by atoms with van der Waals surface area (Å²) in [7, 11) is 1.67. The van der Waals surface area contributed by atoms with Gasteiger partial charge in [0, 0.05) is 12.5 Å². The molecule has 1 aliphatic rings. The molecular weight excluding hydrogens is 276 g/mol. The Kier molecular flexibility index (Phi) is 3.73. The second-order valence-corrected chi connectivity index (χ2v) is 4.82. The predicted octanol–water partition coefficient (Wildman–Crippen LogP) is 1.93. The summed E-state index contributed by atoms with van der Waals surface area (Å²) in [6.07, 6.45) is -3.10. The number of hydrogen-bond donors (Lipinski definition) is 1. The molecule has 1 heterocycles. The van der Waals surface area contributed by atoms with E-state index >= 15 is 0 Å². The Labute approximate surface area is 113 Å². The topological polar surface area (TPSA) is 46.3 Å². The number of halogens is 4. The fourth-order valence-electron chi connectivity index (χ4n) is 2.37. The van der Waals surface area contributed by atoms with E-state index in [0.29, 0.717) is 12.1 Å². The lowest BCUT2D eigenvalue weighted by Gasteiger charge is -2.14. The van der Waals surface area contributed by atoms with Crippen LogP contribution in [0, 0.1) is 12.2 Å². The SMILES string of the molecule is CN1C[C@@H](c2ccc(C(F)(F)F)c(F)c2)[CH]C1C(N)=O. The number of nitrogens with two attached hydrogens (primary N) is 1. The van der Waals surface area contributed by atoms with Crippen molar-refractivity contribution in [3.05, 3.63) is 41.6 Å². The van der Waals surface area contributed by atoms with Crippen LogP contribution in [0.3, 0.4) is 0 Å². The van der Waals surface area contributed by atoms with Crippen LogP contribution >= 0.6 is 0 Å². The van der Waals surface area contributed by atoms with Crippen LogP contribution in [0.25, 0.3) is 0 Å². The van der Waals surface area contributed by atoms with E-state index in [0.717, 1.165) is 12.1 Å². The Hall–Kier alpha value is -1.63. The molecule has 7 heteroatoms. The zero-order valence-corrected chi connectivity index (χ0v) is 10.6. The summed E-state index contributed by atoms with van der Waals surface area (Å²) >= 11 is 0. The van der Waals surface area contributed by atoms with Crippen LogP contribution in [0.15, 0.2) is 18.2 Å². The standard InChI is InChI=1S/C13H13F4N2O/c1-19-6-8(5-11(19)12(18)20)7-2-3-9(10(14)4-7)13(15,16)17/h2-5,8,11H,6H2,1H3,(H2,18,20)/t8-,11?/m0/s1. The molecule has 1 unspecified atom stereocenters. The number of benzene rings is 1. The van der Waals surface area contributed by atoms with Crippen LogP contribution in [-0.2, 0) is 11.0 Å². The number of hydrogen-bond acceptors (Lipinski definition) is 2. The van der Waals surface area contributed by atoms with Crippen molar-refractivity contribution in [2.24, 2.45) is 5.73 Å². The normalized spacial score (nSPS) is 24.1. The lowest BCUT2D eigenvalue weighted by Crippen LogP contribution is -2.37. The quantitative estimate of drug-likeness (QED) is 0.846. The number of likely N-dealkylation sites (N-methyl/N-ethyl adjacent to an activating group) is 1. The van der Waals surface area contributed by atoms with E-state index in [-0.39, 0.29) is 5.92 Å².